The van der Waals surface area contributed by atoms with Gasteiger partial charge in [-0.15, -0.1) is 0 Å². The Morgan fingerprint density at radius 1 is 1.12 bits per heavy atom. The van der Waals surface area contributed by atoms with E-state index < -0.39 is 0 Å². The summed E-state index contributed by atoms with van der Waals surface area (Å²) in [7, 11) is 0. The van der Waals surface area contributed by atoms with Crippen LogP contribution < -0.4 is 5.43 Å². The quantitative estimate of drug-likeness (QED) is 0.586. The molecule has 0 fully saturated rings. The van der Waals surface area contributed by atoms with Gasteiger partial charge in [0.2, 0.25) is 0 Å². The molecular formula is C20H20N4O. The van der Waals surface area contributed by atoms with E-state index in [1.807, 2.05) is 19.1 Å². The number of amides is 1. The molecule has 0 atom stereocenters. The van der Waals surface area contributed by atoms with Crippen molar-refractivity contribution in [2.45, 2.75) is 20.8 Å². The van der Waals surface area contributed by atoms with E-state index in [1.54, 1.807) is 30.6 Å². The average Bonchev–Trinajstić information content (AvgIpc) is 2.89. The molecule has 1 aromatic carbocycles. The molecule has 1 N–H and O–H groups in total. The van der Waals surface area contributed by atoms with E-state index in [0.29, 0.717) is 5.69 Å². The number of pyridine rings is 1. The van der Waals surface area contributed by atoms with Gasteiger partial charge in [-0.25, -0.2) is 5.43 Å². The standard InChI is InChI=1S/C20H20N4O/c1-14-7-6-8-18(11-14)24-15(2)12-17(16(24)3)13-22-23-20(25)19-9-4-5-10-21-19/h4-13H,1-3H3,(H,23,25)/b22-13+. The zero-order chi connectivity index (χ0) is 17.8. The van der Waals surface area contributed by atoms with Crippen molar-refractivity contribution in [2.24, 2.45) is 5.10 Å². The van der Waals surface area contributed by atoms with Crippen LogP contribution in [-0.4, -0.2) is 21.7 Å². The lowest BCUT2D eigenvalue weighted by molar-refractivity contribution is 0.0950. The van der Waals surface area contributed by atoms with E-state index in [2.05, 4.69) is 52.1 Å². The molecule has 0 aliphatic rings. The van der Waals surface area contributed by atoms with Crippen molar-refractivity contribution in [3.8, 4) is 5.69 Å². The summed E-state index contributed by atoms with van der Waals surface area (Å²) in [5.41, 5.74) is 8.32. The summed E-state index contributed by atoms with van der Waals surface area (Å²) in [6.07, 6.45) is 3.24. The number of nitrogens with zero attached hydrogens (tertiary/aromatic N) is 3. The Labute approximate surface area is 147 Å². The Balaban J connectivity index is 1.80. The number of nitrogens with one attached hydrogen (secondary N) is 1. The molecule has 0 aliphatic heterocycles. The van der Waals surface area contributed by atoms with Gasteiger partial charge in [-0.1, -0.05) is 18.2 Å². The van der Waals surface area contributed by atoms with Gasteiger partial charge in [0.15, 0.2) is 0 Å². The third kappa shape index (κ3) is 3.66. The predicted octanol–water partition coefficient (Wildman–Crippen LogP) is 3.56. The van der Waals surface area contributed by atoms with Gasteiger partial charge in [0, 0.05) is 28.8 Å². The average molecular weight is 332 g/mol. The Morgan fingerprint density at radius 2 is 1.96 bits per heavy atom. The number of hydrazone groups is 1. The van der Waals surface area contributed by atoms with E-state index >= 15 is 0 Å². The third-order valence-electron chi connectivity index (χ3n) is 4.00. The Bertz CT molecular complexity index is 926. The van der Waals surface area contributed by atoms with Crippen molar-refractivity contribution in [3.63, 3.8) is 0 Å². The third-order valence-corrected chi connectivity index (χ3v) is 4.00. The fourth-order valence-electron chi connectivity index (χ4n) is 2.80. The number of aromatic nitrogens is 2. The maximum atomic E-state index is 12.0. The molecule has 3 rings (SSSR count). The first-order valence-corrected chi connectivity index (χ1v) is 8.06. The molecule has 25 heavy (non-hydrogen) atoms. The smallest absolute Gasteiger partial charge is 0.289 e. The van der Waals surface area contributed by atoms with E-state index in [9.17, 15) is 4.79 Å². The summed E-state index contributed by atoms with van der Waals surface area (Å²) in [5, 5.41) is 4.07. The molecule has 3 aromatic rings. The second-order valence-corrected chi connectivity index (χ2v) is 5.91. The number of rotatable bonds is 4. The van der Waals surface area contributed by atoms with Gasteiger partial charge in [0.05, 0.1) is 6.21 Å². The van der Waals surface area contributed by atoms with E-state index in [4.69, 9.17) is 0 Å². The lowest BCUT2D eigenvalue weighted by Gasteiger charge is -2.10. The van der Waals surface area contributed by atoms with Crippen molar-refractivity contribution < 1.29 is 4.79 Å². The van der Waals surface area contributed by atoms with Crippen LogP contribution in [0.5, 0.6) is 0 Å². The van der Waals surface area contributed by atoms with Gasteiger partial charge in [0.25, 0.3) is 5.91 Å². The molecule has 2 heterocycles. The van der Waals surface area contributed by atoms with E-state index in [0.717, 1.165) is 22.6 Å². The topological polar surface area (TPSA) is 59.3 Å². The van der Waals surface area contributed by atoms with Crippen LogP contribution in [-0.2, 0) is 0 Å². The first-order valence-electron chi connectivity index (χ1n) is 8.06. The number of carbonyl (C=O) groups is 1. The van der Waals surface area contributed by atoms with Gasteiger partial charge in [-0.05, 0) is 56.7 Å². The van der Waals surface area contributed by atoms with Crippen molar-refractivity contribution in [1.82, 2.24) is 15.0 Å². The molecule has 0 spiro atoms. The molecule has 5 heteroatoms. The Morgan fingerprint density at radius 3 is 2.68 bits per heavy atom. The SMILES string of the molecule is Cc1cccc(-n2c(C)cc(/C=N/NC(=O)c3ccccn3)c2C)c1. The molecular weight excluding hydrogens is 312 g/mol. The van der Waals surface area contributed by atoms with E-state index in [1.165, 1.54) is 5.56 Å². The minimum atomic E-state index is -0.329. The summed E-state index contributed by atoms with van der Waals surface area (Å²) < 4.78 is 2.18. The summed E-state index contributed by atoms with van der Waals surface area (Å²) in [5.74, 6) is -0.329. The number of carbonyl (C=O) groups excluding carboxylic acids is 1. The van der Waals surface area contributed by atoms with Gasteiger partial charge in [-0.3, -0.25) is 9.78 Å². The number of aryl methyl sites for hydroxylation is 2. The molecule has 0 saturated heterocycles. The highest BCUT2D eigenvalue weighted by Crippen LogP contribution is 2.20. The van der Waals surface area contributed by atoms with Crippen LogP contribution in [0.25, 0.3) is 5.69 Å². The highest BCUT2D eigenvalue weighted by atomic mass is 16.2. The van der Waals surface area contributed by atoms with Crippen LogP contribution >= 0.6 is 0 Å². The van der Waals surface area contributed by atoms with Crippen LogP contribution in [0.4, 0.5) is 0 Å². The Hall–Kier alpha value is -3.21. The predicted molar refractivity (Wildman–Crippen MR) is 99.3 cm³/mol. The highest BCUT2D eigenvalue weighted by Gasteiger charge is 2.10. The van der Waals surface area contributed by atoms with Gasteiger partial charge in [-0.2, -0.15) is 5.10 Å². The Kier molecular flexibility index (Phi) is 4.75. The lowest BCUT2D eigenvalue weighted by atomic mass is 10.2. The number of hydrogen-bond acceptors (Lipinski definition) is 3. The minimum absolute atomic E-state index is 0.329. The normalized spacial score (nSPS) is 11.0. The number of hydrogen-bond donors (Lipinski definition) is 1. The largest absolute Gasteiger partial charge is 0.318 e. The van der Waals surface area contributed by atoms with Crippen molar-refractivity contribution in [2.75, 3.05) is 0 Å². The lowest BCUT2D eigenvalue weighted by Crippen LogP contribution is -2.18. The van der Waals surface area contributed by atoms with Crippen LogP contribution in [0.15, 0.2) is 59.8 Å². The molecule has 0 radical (unpaired) electrons. The molecule has 0 unspecified atom stereocenters. The second-order valence-electron chi connectivity index (χ2n) is 5.91. The maximum Gasteiger partial charge on any atom is 0.289 e. The fourth-order valence-corrected chi connectivity index (χ4v) is 2.80. The molecule has 0 saturated carbocycles. The second kappa shape index (κ2) is 7.13. The van der Waals surface area contributed by atoms with Gasteiger partial charge < -0.3 is 4.57 Å². The monoisotopic (exact) mass is 332 g/mol. The van der Waals surface area contributed by atoms with E-state index in [-0.39, 0.29) is 5.91 Å². The zero-order valence-electron chi connectivity index (χ0n) is 14.5. The summed E-state index contributed by atoms with van der Waals surface area (Å²) >= 11 is 0. The van der Waals surface area contributed by atoms with Crippen molar-refractivity contribution in [1.29, 1.82) is 0 Å². The molecule has 0 aliphatic carbocycles. The van der Waals surface area contributed by atoms with Gasteiger partial charge >= 0.3 is 0 Å². The first kappa shape index (κ1) is 16.6. The summed E-state index contributed by atoms with van der Waals surface area (Å²) in [4.78, 5) is 16.0. The van der Waals surface area contributed by atoms with Crippen LogP contribution in [0, 0.1) is 20.8 Å². The van der Waals surface area contributed by atoms with Crippen LogP contribution in [0.1, 0.15) is 33.0 Å². The van der Waals surface area contributed by atoms with Crippen molar-refractivity contribution >= 4 is 12.1 Å². The molecule has 126 valence electrons. The summed E-state index contributed by atoms with van der Waals surface area (Å²) in [6.45, 7) is 6.17. The molecule has 2 aromatic heterocycles. The molecule has 5 nitrogen and oxygen atoms in total. The van der Waals surface area contributed by atoms with Crippen molar-refractivity contribution in [3.05, 3.63) is 82.9 Å². The number of benzene rings is 1. The minimum Gasteiger partial charge on any atom is -0.318 e. The fraction of sp³-hybridized carbons (Fsp3) is 0.150. The first-order chi connectivity index (χ1) is 12.1. The maximum absolute atomic E-state index is 12.0. The zero-order valence-corrected chi connectivity index (χ0v) is 14.5. The van der Waals surface area contributed by atoms with Crippen LogP contribution in [0.2, 0.25) is 0 Å². The van der Waals surface area contributed by atoms with Crippen LogP contribution in [0.3, 0.4) is 0 Å². The molecule has 1 amide bonds. The molecule has 0 bridgehead atoms. The summed E-state index contributed by atoms with van der Waals surface area (Å²) in [6, 6.07) is 15.6. The van der Waals surface area contributed by atoms with Gasteiger partial charge in [0.1, 0.15) is 5.69 Å². The highest BCUT2D eigenvalue weighted by molar-refractivity contribution is 5.93.